The number of hydrogen-bond donors (Lipinski definition) is 3. The van der Waals surface area contributed by atoms with Crippen LogP contribution in [0, 0.1) is 0 Å². The second kappa shape index (κ2) is 8.46. The third kappa shape index (κ3) is 3.88. The smallest absolute Gasteiger partial charge is 0.337 e. The van der Waals surface area contributed by atoms with E-state index in [1.165, 1.54) is 6.20 Å². The number of fused-ring (bicyclic) bond motifs is 1. The van der Waals surface area contributed by atoms with Crippen molar-refractivity contribution in [2.75, 3.05) is 13.2 Å². The van der Waals surface area contributed by atoms with Gasteiger partial charge in [0.15, 0.2) is 0 Å². The van der Waals surface area contributed by atoms with Crippen LogP contribution in [0.25, 0.3) is 22.0 Å². The summed E-state index contributed by atoms with van der Waals surface area (Å²) in [4.78, 5) is 25.5. The first-order valence-electron chi connectivity index (χ1n) is 9.05. The molecule has 1 aliphatic heterocycles. The molecule has 0 radical (unpaired) electrons. The molecule has 7 heteroatoms. The summed E-state index contributed by atoms with van der Waals surface area (Å²) >= 11 is 6.39. The third-order valence-corrected chi connectivity index (χ3v) is 4.81. The number of carboxylic acid groups (broad SMARTS) is 1. The lowest BCUT2D eigenvalue weighted by Crippen LogP contribution is -2.38. The van der Waals surface area contributed by atoms with Crippen molar-refractivity contribution in [1.29, 1.82) is 0 Å². The van der Waals surface area contributed by atoms with Crippen LogP contribution in [0.1, 0.15) is 35.9 Å². The van der Waals surface area contributed by atoms with E-state index in [4.69, 9.17) is 16.3 Å². The first kappa shape index (κ1) is 19.9. The Kier molecular flexibility index (Phi) is 6.02. The predicted molar refractivity (Wildman–Crippen MR) is 109 cm³/mol. The van der Waals surface area contributed by atoms with Crippen LogP contribution in [-0.2, 0) is 9.53 Å². The van der Waals surface area contributed by atoms with Gasteiger partial charge < -0.3 is 20.1 Å². The van der Waals surface area contributed by atoms with E-state index in [1.54, 1.807) is 12.1 Å². The number of aromatic nitrogens is 1. The van der Waals surface area contributed by atoms with E-state index < -0.39 is 5.97 Å². The molecule has 1 unspecified atom stereocenters. The van der Waals surface area contributed by atoms with Crippen LogP contribution in [0.5, 0.6) is 0 Å². The maximum absolute atomic E-state index is 11.4. The maximum atomic E-state index is 11.4. The zero-order valence-electron chi connectivity index (χ0n) is 15.6. The molecule has 1 aromatic heterocycles. The van der Waals surface area contributed by atoms with E-state index in [-0.39, 0.29) is 24.2 Å². The first-order chi connectivity index (χ1) is 13.5. The number of carbonyl (C=O) groups excluding carboxylic acids is 1. The number of halogens is 1. The van der Waals surface area contributed by atoms with Gasteiger partial charge in [-0.25, -0.2) is 4.79 Å². The van der Waals surface area contributed by atoms with Gasteiger partial charge in [-0.2, -0.15) is 0 Å². The number of carbonyl (C=O) groups is 2. The highest BCUT2D eigenvalue weighted by Crippen LogP contribution is 2.34. The van der Waals surface area contributed by atoms with Crippen molar-refractivity contribution in [1.82, 2.24) is 10.3 Å². The molecule has 4 rings (SSSR count). The molecule has 0 bridgehead atoms. The van der Waals surface area contributed by atoms with Crippen molar-refractivity contribution >= 4 is 34.4 Å². The topological polar surface area (TPSA) is 91.4 Å². The summed E-state index contributed by atoms with van der Waals surface area (Å²) in [6.07, 6.45) is 1.29. The van der Waals surface area contributed by atoms with Gasteiger partial charge in [0.1, 0.15) is 12.7 Å². The number of morpholine rings is 1. The third-order valence-electron chi connectivity index (χ3n) is 4.49. The Balaban J connectivity index is 0.00000109. The van der Waals surface area contributed by atoms with E-state index in [9.17, 15) is 14.7 Å². The number of H-pyrrole nitrogens is 1. The summed E-state index contributed by atoms with van der Waals surface area (Å²) in [6, 6.07) is 11.2. The molecule has 2 heterocycles. The van der Waals surface area contributed by atoms with Gasteiger partial charge in [0.25, 0.3) is 0 Å². The average molecular weight is 401 g/mol. The van der Waals surface area contributed by atoms with Crippen molar-refractivity contribution in [3.63, 3.8) is 0 Å². The molecule has 0 aliphatic carbocycles. The van der Waals surface area contributed by atoms with E-state index in [2.05, 4.69) is 10.3 Å². The van der Waals surface area contributed by atoms with Crippen LogP contribution in [0.2, 0.25) is 5.02 Å². The van der Waals surface area contributed by atoms with Crippen LogP contribution < -0.4 is 5.32 Å². The molecule has 0 spiro atoms. The van der Waals surface area contributed by atoms with Crippen molar-refractivity contribution < 1.29 is 19.4 Å². The summed E-state index contributed by atoms with van der Waals surface area (Å²) in [6.45, 7) is 4.50. The number of hydrogen-bond acceptors (Lipinski definition) is 3. The van der Waals surface area contributed by atoms with Gasteiger partial charge in [-0.1, -0.05) is 49.7 Å². The molecular formula is C21H21ClN2O4. The highest BCUT2D eigenvalue weighted by molar-refractivity contribution is 6.34. The van der Waals surface area contributed by atoms with Crippen LogP contribution in [0.3, 0.4) is 0 Å². The summed E-state index contributed by atoms with van der Waals surface area (Å²) in [5.74, 6) is -1.10. The molecule has 0 saturated carbocycles. The minimum absolute atomic E-state index is 0.0559. The Hall–Kier alpha value is -2.83. The van der Waals surface area contributed by atoms with E-state index in [1.807, 2.05) is 38.1 Å². The number of rotatable bonds is 3. The Labute approximate surface area is 167 Å². The van der Waals surface area contributed by atoms with Gasteiger partial charge in [-0.15, -0.1) is 0 Å². The normalized spacial score (nSPS) is 16.2. The maximum Gasteiger partial charge on any atom is 0.337 e. The lowest BCUT2D eigenvalue weighted by molar-refractivity contribution is -0.133. The van der Waals surface area contributed by atoms with Gasteiger partial charge in [0.05, 0.1) is 10.6 Å². The van der Waals surface area contributed by atoms with Crippen LogP contribution >= 0.6 is 11.6 Å². The van der Waals surface area contributed by atoms with Gasteiger partial charge in [0.2, 0.25) is 5.91 Å². The van der Waals surface area contributed by atoms with Crippen LogP contribution in [-0.4, -0.2) is 35.1 Å². The number of aromatic carboxylic acids is 1. The molecule has 1 amide bonds. The van der Waals surface area contributed by atoms with Crippen molar-refractivity contribution in [3.8, 4) is 11.1 Å². The fraction of sp³-hybridized carbons (Fsp3) is 0.238. The lowest BCUT2D eigenvalue weighted by atomic mass is 9.99. The van der Waals surface area contributed by atoms with Gasteiger partial charge in [0, 0.05) is 29.2 Å². The number of amides is 1. The minimum atomic E-state index is -0.989. The fourth-order valence-corrected chi connectivity index (χ4v) is 3.40. The van der Waals surface area contributed by atoms with Crippen molar-refractivity contribution in [3.05, 3.63) is 58.7 Å². The molecule has 6 nitrogen and oxygen atoms in total. The monoisotopic (exact) mass is 400 g/mol. The number of benzene rings is 2. The standard InChI is InChI=1S/C19H15ClN2O4.C2H6/c20-15-6-16-13(14(7-21-16)19(24)25)5-12(15)10-1-3-11(4-2-10)17-8-22-18(23)9-26-17;1-2/h1-7,17,21H,8-9H2,(H,22,23)(H,24,25);1-2H3. The van der Waals surface area contributed by atoms with Crippen LogP contribution in [0.15, 0.2) is 42.6 Å². The van der Waals surface area contributed by atoms with Gasteiger partial charge in [-0.3, -0.25) is 4.79 Å². The Morgan fingerprint density at radius 2 is 1.93 bits per heavy atom. The van der Waals surface area contributed by atoms with E-state index in [0.717, 1.165) is 16.7 Å². The molecule has 1 atom stereocenters. The van der Waals surface area contributed by atoms with Crippen molar-refractivity contribution in [2.24, 2.45) is 0 Å². The summed E-state index contributed by atoms with van der Waals surface area (Å²) in [7, 11) is 0. The zero-order chi connectivity index (χ0) is 20.3. The Bertz CT molecular complexity index is 1000. The zero-order valence-corrected chi connectivity index (χ0v) is 16.3. The SMILES string of the molecule is CC.O=C1COC(c2ccc(-c3cc4c(C(=O)O)c[nH]c4cc3Cl)cc2)CN1. The average Bonchev–Trinajstić information content (AvgIpc) is 3.12. The van der Waals surface area contributed by atoms with E-state index >= 15 is 0 Å². The summed E-state index contributed by atoms with van der Waals surface area (Å²) < 4.78 is 5.53. The predicted octanol–water partition coefficient (Wildman–Crippen LogP) is 4.40. The second-order valence-corrected chi connectivity index (χ2v) is 6.52. The lowest BCUT2D eigenvalue weighted by Gasteiger charge is -2.23. The molecular weight excluding hydrogens is 380 g/mol. The molecule has 28 heavy (non-hydrogen) atoms. The molecule has 3 aromatic rings. The Morgan fingerprint density at radius 1 is 1.21 bits per heavy atom. The Morgan fingerprint density at radius 3 is 2.54 bits per heavy atom. The quantitative estimate of drug-likeness (QED) is 0.607. The highest BCUT2D eigenvalue weighted by atomic mass is 35.5. The first-order valence-corrected chi connectivity index (χ1v) is 9.43. The molecule has 3 N–H and O–H groups in total. The number of nitrogens with one attached hydrogen (secondary N) is 2. The van der Waals surface area contributed by atoms with Crippen molar-refractivity contribution in [2.45, 2.75) is 20.0 Å². The number of aromatic amines is 1. The molecule has 1 aliphatic rings. The molecule has 1 fully saturated rings. The van der Waals surface area contributed by atoms with Crippen LogP contribution in [0.4, 0.5) is 0 Å². The largest absolute Gasteiger partial charge is 0.478 e. The molecule has 146 valence electrons. The molecule has 2 aromatic carbocycles. The minimum Gasteiger partial charge on any atom is -0.478 e. The summed E-state index contributed by atoms with van der Waals surface area (Å²) in [5, 5.41) is 13.2. The van der Waals surface area contributed by atoms with E-state index in [0.29, 0.717) is 22.5 Å². The van der Waals surface area contributed by atoms with Gasteiger partial charge in [-0.05, 0) is 23.3 Å². The number of ether oxygens (including phenoxy) is 1. The summed E-state index contributed by atoms with van der Waals surface area (Å²) in [5.41, 5.74) is 3.47. The molecule has 1 saturated heterocycles. The second-order valence-electron chi connectivity index (χ2n) is 6.11. The number of carboxylic acids is 1. The fourth-order valence-electron chi connectivity index (χ4n) is 3.13. The van der Waals surface area contributed by atoms with Gasteiger partial charge >= 0.3 is 5.97 Å². The highest BCUT2D eigenvalue weighted by Gasteiger charge is 2.20.